The van der Waals surface area contributed by atoms with E-state index in [4.69, 9.17) is 11.0 Å². The largest absolute Gasteiger partial charge is 0.403 e. The molecule has 5 heteroatoms. The van der Waals surface area contributed by atoms with Crippen molar-refractivity contribution >= 4 is 5.91 Å². The number of rotatable bonds is 5. The lowest BCUT2D eigenvalue weighted by atomic mass is 10.3. The smallest absolute Gasteiger partial charge is 0.234 e. The van der Waals surface area contributed by atoms with E-state index in [9.17, 15) is 4.79 Å². The number of nitrogens with one attached hydrogen (secondary N) is 1. The SMILES string of the molecule is CN(C)/C(=C\N)CCNC(=O)CC#N. The van der Waals surface area contributed by atoms with Crippen LogP contribution in [-0.4, -0.2) is 31.4 Å². The van der Waals surface area contributed by atoms with Crippen LogP contribution in [0.15, 0.2) is 11.9 Å². The van der Waals surface area contributed by atoms with E-state index in [0.717, 1.165) is 5.70 Å². The van der Waals surface area contributed by atoms with E-state index in [1.165, 1.54) is 6.20 Å². The maximum atomic E-state index is 10.9. The van der Waals surface area contributed by atoms with Gasteiger partial charge in [-0.2, -0.15) is 5.26 Å². The summed E-state index contributed by atoms with van der Waals surface area (Å²) in [6, 6.07) is 1.78. The summed E-state index contributed by atoms with van der Waals surface area (Å²) in [5.74, 6) is -0.248. The molecule has 0 atom stereocenters. The van der Waals surface area contributed by atoms with Gasteiger partial charge >= 0.3 is 0 Å². The van der Waals surface area contributed by atoms with Gasteiger partial charge in [0.2, 0.25) is 5.91 Å². The third-order valence-electron chi connectivity index (χ3n) is 1.71. The summed E-state index contributed by atoms with van der Waals surface area (Å²) in [7, 11) is 3.77. The zero-order valence-corrected chi connectivity index (χ0v) is 8.58. The molecule has 5 nitrogen and oxygen atoms in total. The molecule has 1 amide bonds. The second-order valence-corrected chi connectivity index (χ2v) is 2.99. The molecule has 0 aliphatic heterocycles. The molecule has 0 bridgehead atoms. The fourth-order valence-corrected chi connectivity index (χ4v) is 0.920. The van der Waals surface area contributed by atoms with Crippen LogP contribution in [0.1, 0.15) is 12.8 Å². The summed E-state index contributed by atoms with van der Waals surface area (Å²) >= 11 is 0. The van der Waals surface area contributed by atoms with E-state index in [2.05, 4.69) is 5.32 Å². The molecular formula is C9H16N4O. The summed E-state index contributed by atoms with van der Waals surface area (Å²) in [5, 5.41) is 10.8. The van der Waals surface area contributed by atoms with Gasteiger partial charge in [-0.1, -0.05) is 0 Å². The van der Waals surface area contributed by atoms with Crippen LogP contribution in [0.3, 0.4) is 0 Å². The normalized spacial score (nSPS) is 10.5. The van der Waals surface area contributed by atoms with Crippen LogP contribution in [0.5, 0.6) is 0 Å². The zero-order chi connectivity index (χ0) is 11.0. The quantitative estimate of drug-likeness (QED) is 0.636. The molecule has 0 fully saturated rings. The first-order valence-corrected chi connectivity index (χ1v) is 4.33. The van der Waals surface area contributed by atoms with E-state index >= 15 is 0 Å². The van der Waals surface area contributed by atoms with Crippen LogP contribution >= 0.6 is 0 Å². The van der Waals surface area contributed by atoms with Gasteiger partial charge in [-0.25, -0.2) is 0 Å². The minimum atomic E-state index is -0.248. The third-order valence-corrected chi connectivity index (χ3v) is 1.71. The standard InChI is InChI=1S/C9H16N4O/c1-13(2)8(7-11)4-6-12-9(14)3-5-10/h7H,3-4,6,11H2,1-2H3,(H,12,14)/b8-7-. The molecule has 0 saturated heterocycles. The van der Waals surface area contributed by atoms with Crippen molar-refractivity contribution in [3.05, 3.63) is 11.9 Å². The van der Waals surface area contributed by atoms with Crippen LogP contribution in [0.2, 0.25) is 0 Å². The van der Waals surface area contributed by atoms with Crippen molar-refractivity contribution < 1.29 is 4.79 Å². The molecule has 0 aromatic rings. The van der Waals surface area contributed by atoms with Gasteiger partial charge in [-0.05, 0) is 0 Å². The molecule has 0 radical (unpaired) electrons. The fraction of sp³-hybridized carbons (Fsp3) is 0.556. The minimum Gasteiger partial charge on any atom is -0.403 e. The van der Waals surface area contributed by atoms with Crippen LogP contribution in [0.25, 0.3) is 0 Å². The lowest BCUT2D eigenvalue weighted by Crippen LogP contribution is -2.26. The van der Waals surface area contributed by atoms with Crippen molar-refractivity contribution in [3.8, 4) is 6.07 Å². The van der Waals surface area contributed by atoms with E-state index in [1.807, 2.05) is 19.0 Å². The molecule has 0 unspecified atom stereocenters. The molecule has 0 aromatic heterocycles. The molecule has 0 aliphatic rings. The first-order chi connectivity index (χ1) is 6.61. The Labute approximate surface area is 84.2 Å². The van der Waals surface area contributed by atoms with E-state index in [1.54, 1.807) is 6.07 Å². The highest BCUT2D eigenvalue weighted by molar-refractivity contribution is 5.77. The first kappa shape index (κ1) is 12.3. The topological polar surface area (TPSA) is 82.2 Å². The summed E-state index contributed by atoms with van der Waals surface area (Å²) in [6.45, 7) is 0.502. The van der Waals surface area contributed by atoms with Crippen molar-refractivity contribution in [1.82, 2.24) is 10.2 Å². The highest BCUT2D eigenvalue weighted by atomic mass is 16.1. The van der Waals surface area contributed by atoms with Crippen molar-refractivity contribution in [3.63, 3.8) is 0 Å². The summed E-state index contributed by atoms with van der Waals surface area (Å²) in [5.41, 5.74) is 6.33. The van der Waals surface area contributed by atoms with Crippen molar-refractivity contribution in [2.75, 3.05) is 20.6 Å². The number of carbonyl (C=O) groups is 1. The first-order valence-electron chi connectivity index (χ1n) is 4.33. The molecule has 0 spiro atoms. The van der Waals surface area contributed by atoms with Gasteiger partial charge in [0.1, 0.15) is 6.42 Å². The number of hydrogen-bond donors (Lipinski definition) is 2. The van der Waals surface area contributed by atoms with E-state index in [0.29, 0.717) is 13.0 Å². The molecule has 14 heavy (non-hydrogen) atoms. The van der Waals surface area contributed by atoms with E-state index in [-0.39, 0.29) is 12.3 Å². The summed E-state index contributed by atoms with van der Waals surface area (Å²) in [6.07, 6.45) is 2.08. The Morgan fingerprint density at radius 1 is 1.64 bits per heavy atom. The van der Waals surface area contributed by atoms with Crippen LogP contribution in [0, 0.1) is 11.3 Å². The number of nitrogens with two attached hydrogens (primary N) is 1. The molecule has 0 rings (SSSR count). The number of amides is 1. The van der Waals surface area contributed by atoms with Gasteiger partial charge in [0.15, 0.2) is 0 Å². The van der Waals surface area contributed by atoms with Gasteiger partial charge in [0.25, 0.3) is 0 Å². The predicted molar refractivity (Wildman–Crippen MR) is 53.8 cm³/mol. The average molecular weight is 196 g/mol. The van der Waals surface area contributed by atoms with Crippen molar-refractivity contribution in [2.24, 2.45) is 5.73 Å². The second-order valence-electron chi connectivity index (χ2n) is 2.99. The Balaban J connectivity index is 3.74. The predicted octanol–water partition coefficient (Wildman–Crippen LogP) is -0.232. The van der Waals surface area contributed by atoms with Crippen molar-refractivity contribution in [1.29, 1.82) is 5.26 Å². The Kier molecular flexibility index (Phi) is 5.95. The summed E-state index contributed by atoms with van der Waals surface area (Å²) < 4.78 is 0. The zero-order valence-electron chi connectivity index (χ0n) is 8.58. The molecule has 0 heterocycles. The highest BCUT2D eigenvalue weighted by Crippen LogP contribution is 2.00. The minimum absolute atomic E-state index is 0.0936. The highest BCUT2D eigenvalue weighted by Gasteiger charge is 2.01. The second kappa shape index (κ2) is 6.78. The number of nitrogens with zero attached hydrogens (tertiary/aromatic N) is 2. The third kappa shape index (κ3) is 5.04. The molecule has 78 valence electrons. The van der Waals surface area contributed by atoms with Crippen LogP contribution in [-0.2, 0) is 4.79 Å². The lowest BCUT2D eigenvalue weighted by molar-refractivity contribution is -0.120. The van der Waals surface area contributed by atoms with Crippen LogP contribution in [0.4, 0.5) is 0 Å². The Morgan fingerprint density at radius 2 is 2.29 bits per heavy atom. The summed E-state index contributed by atoms with van der Waals surface area (Å²) in [4.78, 5) is 12.8. The maximum absolute atomic E-state index is 10.9. The van der Waals surface area contributed by atoms with Crippen LogP contribution < -0.4 is 11.1 Å². The molecule has 0 saturated carbocycles. The Hall–Kier alpha value is -1.70. The maximum Gasteiger partial charge on any atom is 0.234 e. The van der Waals surface area contributed by atoms with Gasteiger partial charge in [-0.15, -0.1) is 0 Å². The number of carbonyl (C=O) groups excluding carboxylic acids is 1. The lowest BCUT2D eigenvalue weighted by Gasteiger charge is -2.16. The molecular weight excluding hydrogens is 180 g/mol. The van der Waals surface area contributed by atoms with Gasteiger partial charge in [0, 0.05) is 39.0 Å². The monoisotopic (exact) mass is 196 g/mol. The average Bonchev–Trinajstić information content (AvgIpc) is 2.12. The molecule has 0 aliphatic carbocycles. The van der Waals surface area contributed by atoms with Gasteiger partial charge in [0.05, 0.1) is 6.07 Å². The van der Waals surface area contributed by atoms with E-state index < -0.39 is 0 Å². The number of hydrogen-bond acceptors (Lipinski definition) is 4. The molecule has 0 aromatic carbocycles. The number of nitriles is 1. The molecule has 3 N–H and O–H groups in total. The Morgan fingerprint density at radius 3 is 2.71 bits per heavy atom. The van der Waals surface area contributed by atoms with Crippen molar-refractivity contribution in [2.45, 2.75) is 12.8 Å². The Bertz CT molecular complexity index is 252. The van der Waals surface area contributed by atoms with Gasteiger partial charge < -0.3 is 16.0 Å². The van der Waals surface area contributed by atoms with Gasteiger partial charge in [-0.3, -0.25) is 4.79 Å². The fourth-order valence-electron chi connectivity index (χ4n) is 0.920.